The zero-order valence-electron chi connectivity index (χ0n) is 25.3. The normalized spacial score (nSPS) is 14.2. The molecule has 0 radical (unpaired) electrons. The van der Waals surface area contributed by atoms with Crippen LogP contribution < -0.4 is 9.80 Å². The van der Waals surface area contributed by atoms with Gasteiger partial charge < -0.3 is 18.8 Å². The van der Waals surface area contributed by atoms with E-state index in [0.717, 1.165) is 23.4 Å². The van der Waals surface area contributed by atoms with Crippen molar-refractivity contribution < 1.29 is 41.4 Å². The molecule has 3 aromatic rings. The molecule has 0 spiro atoms. The van der Waals surface area contributed by atoms with Gasteiger partial charge in [0.25, 0.3) is 0 Å². The molecule has 11 nitrogen and oxygen atoms in total. The lowest BCUT2D eigenvalue weighted by molar-refractivity contribution is 0.0206. The van der Waals surface area contributed by atoms with E-state index in [-0.39, 0.29) is 43.1 Å². The van der Waals surface area contributed by atoms with Crippen molar-refractivity contribution in [2.75, 3.05) is 22.9 Å². The summed E-state index contributed by atoms with van der Waals surface area (Å²) in [6.07, 6.45) is -0.441. The molecule has 4 amide bonds. The highest BCUT2D eigenvalue weighted by atomic mass is 19.1. The summed E-state index contributed by atoms with van der Waals surface area (Å²) in [7, 11) is 0. The summed E-state index contributed by atoms with van der Waals surface area (Å²) >= 11 is 0. The summed E-state index contributed by atoms with van der Waals surface area (Å²) in [6, 6.07) is 4.70. The Kier molecular flexibility index (Phi) is 9.21. The van der Waals surface area contributed by atoms with Crippen molar-refractivity contribution in [3.8, 4) is 11.5 Å². The number of nitrogens with zero attached hydrogens (tertiary/aromatic N) is 5. The summed E-state index contributed by atoms with van der Waals surface area (Å²) < 4.78 is 60.7. The number of hydrogen-bond acceptors (Lipinski definition) is 8. The maximum absolute atomic E-state index is 15.5. The molecular formula is C30H34F3N5O6. The molecule has 0 bridgehead atoms. The second-order valence-electron chi connectivity index (χ2n) is 12.2. The highest BCUT2D eigenvalue weighted by molar-refractivity contribution is 6.18. The summed E-state index contributed by atoms with van der Waals surface area (Å²) in [4.78, 5) is 43.7. The smallest absolute Gasteiger partial charge is 0.423 e. The number of likely N-dealkylation sites (tertiary alicyclic amines) is 1. The number of hydrogen-bond donors (Lipinski definition) is 0. The lowest BCUT2D eigenvalue weighted by Gasteiger charge is -2.40. The average molecular weight is 618 g/mol. The molecule has 1 aliphatic rings. The SMILES string of the molecule is CC(C)(C)OC(=O)N1CCC(N(C(=O)N(C(=O)OC(C)(C)C)c2cc(-c3nnco3)c(F)cc2F)c2cccc(F)c2)CC1. The van der Waals surface area contributed by atoms with E-state index in [1.165, 1.54) is 23.1 Å². The van der Waals surface area contributed by atoms with Crippen molar-refractivity contribution in [3.63, 3.8) is 0 Å². The third-order valence-electron chi connectivity index (χ3n) is 6.41. The Balaban J connectivity index is 1.78. The molecule has 1 aliphatic heterocycles. The minimum absolute atomic E-state index is 0.0684. The van der Waals surface area contributed by atoms with Crippen LogP contribution in [0.4, 0.5) is 38.9 Å². The van der Waals surface area contributed by atoms with Gasteiger partial charge in [-0.1, -0.05) is 6.07 Å². The van der Waals surface area contributed by atoms with Crippen LogP contribution in [0.2, 0.25) is 0 Å². The highest BCUT2D eigenvalue weighted by Crippen LogP contribution is 2.34. The first-order valence-electron chi connectivity index (χ1n) is 13.9. The Hall–Kier alpha value is -4.62. The molecular weight excluding hydrogens is 583 g/mol. The number of rotatable bonds is 4. The first-order chi connectivity index (χ1) is 20.5. The van der Waals surface area contributed by atoms with Crippen LogP contribution in [0, 0.1) is 17.5 Å². The summed E-state index contributed by atoms with van der Waals surface area (Å²) in [5.41, 5.74) is -2.80. The molecule has 4 rings (SSSR count). The van der Waals surface area contributed by atoms with Crippen molar-refractivity contribution in [2.45, 2.75) is 71.6 Å². The molecule has 0 N–H and O–H groups in total. The molecule has 0 saturated carbocycles. The van der Waals surface area contributed by atoms with Gasteiger partial charge in [-0.25, -0.2) is 27.6 Å². The summed E-state index contributed by atoms with van der Waals surface area (Å²) in [5.74, 6) is -3.33. The van der Waals surface area contributed by atoms with Gasteiger partial charge in [0, 0.05) is 30.9 Å². The van der Waals surface area contributed by atoms with E-state index in [1.807, 2.05) is 0 Å². The van der Waals surface area contributed by atoms with E-state index in [9.17, 15) is 23.2 Å². The van der Waals surface area contributed by atoms with Crippen molar-refractivity contribution in [1.82, 2.24) is 15.1 Å². The standard InChI is InChI=1S/C30H34F3N5O6/c1-29(2,3)43-27(40)36-12-10-19(11-13-36)37(20-9-7-8-18(31)14-20)26(39)38(28(41)44-30(4,5)6)24-15-21(22(32)16-23(24)33)25-35-34-17-42-25/h7-9,14-17,19H,10-13H2,1-6H3. The number of benzene rings is 2. The quantitative estimate of drug-likeness (QED) is 0.310. The Morgan fingerprint density at radius 3 is 2.16 bits per heavy atom. The Morgan fingerprint density at radius 2 is 1.59 bits per heavy atom. The van der Waals surface area contributed by atoms with Gasteiger partial charge >= 0.3 is 18.2 Å². The minimum atomic E-state index is -1.27. The number of halogens is 3. The molecule has 1 fully saturated rings. The van der Waals surface area contributed by atoms with Gasteiger partial charge in [0.15, 0.2) is 5.82 Å². The lowest BCUT2D eigenvalue weighted by Crippen LogP contribution is -2.55. The second-order valence-corrected chi connectivity index (χ2v) is 12.2. The van der Waals surface area contributed by atoms with Crippen LogP contribution in [0.15, 0.2) is 47.2 Å². The monoisotopic (exact) mass is 617 g/mol. The number of imide groups is 1. The van der Waals surface area contributed by atoms with E-state index in [4.69, 9.17) is 13.9 Å². The predicted octanol–water partition coefficient (Wildman–Crippen LogP) is 6.92. The maximum Gasteiger partial charge on any atom is 0.423 e. The van der Waals surface area contributed by atoms with E-state index < -0.39 is 58.6 Å². The fraction of sp³-hybridized carbons (Fsp3) is 0.433. The van der Waals surface area contributed by atoms with Crippen molar-refractivity contribution >= 4 is 29.6 Å². The molecule has 0 atom stereocenters. The van der Waals surface area contributed by atoms with Crippen LogP contribution in [0.1, 0.15) is 54.4 Å². The molecule has 14 heteroatoms. The van der Waals surface area contributed by atoms with Gasteiger partial charge in [-0.05, 0) is 78.6 Å². The number of urea groups is 1. The lowest BCUT2D eigenvalue weighted by atomic mass is 10.0. The largest absolute Gasteiger partial charge is 0.444 e. The number of anilines is 2. The number of amides is 4. The van der Waals surface area contributed by atoms with Gasteiger partial charge in [-0.2, -0.15) is 4.90 Å². The predicted molar refractivity (Wildman–Crippen MR) is 153 cm³/mol. The van der Waals surface area contributed by atoms with Gasteiger partial charge in [0.1, 0.15) is 22.8 Å². The maximum atomic E-state index is 15.5. The van der Waals surface area contributed by atoms with Gasteiger partial charge in [-0.15, -0.1) is 10.2 Å². The zero-order valence-corrected chi connectivity index (χ0v) is 25.3. The number of aromatic nitrogens is 2. The van der Waals surface area contributed by atoms with Crippen molar-refractivity contribution in [3.05, 3.63) is 60.2 Å². The van der Waals surface area contributed by atoms with Crippen LogP contribution >= 0.6 is 0 Å². The van der Waals surface area contributed by atoms with Crippen LogP contribution in [-0.2, 0) is 9.47 Å². The number of carbonyl (C=O) groups is 3. The van der Waals surface area contributed by atoms with Gasteiger partial charge in [0.2, 0.25) is 12.3 Å². The highest BCUT2D eigenvalue weighted by Gasteiger charge is 2.40. The van der Waals surface area contributed by atoms with E-state index >= 15 is 4.39 Å². The molecule has 2 aromatic carbocycles. The van der Waals surface area contributed by atoms with E-state index in [2.05, 4.69) is 10.2 Å². The molecule has 44 heavy (non-hydrogen) atoms. The molecule has 0 unspecified atom stereocenters. The first kappa shape index (κ1) is 32.3. The number of piperidine rings is 1. The zero-order chi connectivity index (χ0) is 32.4. The fourth-order valence-corrected chi connectivity index (χ4v) is 4.59. The van der Waals surface area contributed by atoms with Crippen molar-refractivity contribution in [1.29, 1.82) is 0 Å². The molecule has 1 saturated heterocycles. The molecule has 2 heterocycles. The van der Waals surface area contributed by atoms with Crippen LogP contribution in [0.25, 0.3) is 11.5 Å². The van der Waals surface area contributed by atoms with Crippen molar-refractivity contribution in [2.24, 2.45) is 0 Å². The molecule has 1 aromatic heterocycles. The van der Waals surface area contributed by atoms with Crippen LogP contribution in [-0.4, -0.2) is 63.6 Å². The van der Waals surface area contributed by atoms with Crippen LogP contribution in [0.3, 0.4) is 0 Å². The van der Waals surface area contributed by atoms with Crippen LogP contribution in [0.5, 0.6) is 0 Å². The number of ether oxygens (including phenoxy) is 2. The Bertz CT molecular complexity index is 1510. The van der Waals surface area contributed by atoms with Gasteiger partial charge in [-0.3, -0.25) is 4.90 Å². The first-order valence-corrected chi connectivity index (χ1v) is 13.9. The minimum Gasteiger partial charge on any atom is -0.444 e. The van der Waals surface area contributed by atoms with E-state index in [1.54, 1.807) is 41.5 Å². The Labute approximate surface area is 252 Å². The molecule has 0 aliphatic carbocycles. The topological polar surface area (TPSA) is 118 Å². The van der Waals surface area contributed by atoms with Gasteiger partial charge in [0.05, 0.1) is 11.3 Å². The van der Waals surface area contributed by atoms with E-state index in [0.29, 0.717) is 11.0 Å². The number of carbonyl (C=O) groups excluding carboxylic acids is 3. The Morgan fingerprint density at radius 1 is 0.932 bits per heavy atom. The average Bonchev–Trinajstić information content (AvgIpc) is 3.43. The second kappa shape index (κ2) is 12.5. The fourth-order valence-electron chi connectivity index (χ4n) is 4.59. The molecule has 236 valence electrons. The third-order valence-corrected chi connectivity index (χ3v) is 6.41. The summed E-state index contributed by atoms with van der Waals surface area (Å²) in [5, 5.41) is 7.14. The summed E-state index contributed by atoms with van der Waals surface area (Å²) in [6.45, 7) is 10.2. The third kappa shape index (κ3) is 7.66.